The summed E-state index contributed by atoms with van der Waals surface area (Å²) in [5.74, 6) is 1.14. The van der Waals surface area contributed by atoms with Crippen LogP contribution in [0.4, 0.5) is 0 Å². The molecule has 1 aliphatic carbocycles. The number of hydrogen-bond acceptors (Lipinski definition) is 2. The third-order valence-corrected chi connectivity index (χ3v) is 2.23. The first-order valence-electron chi connectivity index (χ1n) is 4.20. The quantitative estimate of drug-likeness (QED) is 0.463. The smallest absolute Gasteiger partial charge is 0.105 e. The van der Waals surface area contributed by atoms with E-state index in [1.54, 1.807) is 0 Å². The van der Waals surface area contributed by atoms with Gasteiger partial charge in [-0.2, -0.15) is 0 Å². The van der Waals surface area contributed by atoms with Gasteiger partial charge in [-0.3, -0.25) is 10.3 Å². The van der Waals surface area contributed by atoms with Gasteiger partial charge in [-0.05, 0) is 25.8 Å². The predicted molar refractivity (Wildman–Crippen MR) is 46.8 cm³/mol. The fourth-order valence-electron chi connectivity index (χ4n) is 1.47. The van der Waals surface area contributed by atoms with Crippen LogP contribution in [-0.4, -0.2) is 30.9 Å². The van der Waals surface area contributed by atoms with Crippen molar-refractivity contribution in [1.29, 1.82) is 5.41 Å². The van der Waals surface area contributed by atoms with E-state index in [0.717, 1.165) is 12.5 Å². The Bertz CT molecular complexity index is 140. The monoisotopic (exact) mass is 155 g/mol. The van der Waals surface area contributed by atoms with Crippen molar-refractivity contribution in [2.75, 3.05) is 20.1 Å². The van der Waals surface area contributed by atoms with Crippen molar-refractivity contribution < 1.29 is 0 Å². The molecule has 0 heterocycles. The first-order chi connectivity index (χ1) is 5.18. The summed E-state index contributed by atoms with van der Waals surface area (Å²) in [7, 11) is 2.03. The molecule has 0 aliphatic heterocycles. The predicted octanol–water partition coefficient (Wildman–Crippen LogP) is 0.654. The fraction of sp³-hybridized carbons (Fsp3) is 0.875. The SMILES string of the molecule is CN(CC(=N)N)CC1CCC1. The minimum Gasteiger partial charge on any atom is -0.387 e. The number of nitrogens with zero attached hydrogens (tertiary/aromatic N) is 1. The summed E-state index contributed by atoms with van der Waals surface area (Å²) in [6.07, 6.45) is 4.11. The molecular formula is C8H17N3. The van der Waals surface area contributed by atoms with Crippen LogP contribution in [0.15, 0.2) is 0 Å². The number of hydrogen-bond donors (Lipinski definition) is 2. The zero-order valence-corrected chi connectivity index (χ0v) is 7.14. The second-order valence-electron chi connectivity index (χ2n) is 3.52. The molecule has 0 aromatic rings. The average Bonchev–Trinajstić information content (AvgIpc) is 1.77. The summed E-state index contributed by atoms with van der Waals surface area (Å²) in [6.45, 7) is 1.73. The van der Waals surface area contributed by atoms with Crippen LogP contribution in [0.25, 0.3) is 0 Å². The Morgan fingerprint density at radius 2 is 2.27 bits per heavy atom. The van der Waals surface area contributed by atoms with Crippen molar-refractivity contribution in [2.24, 2.45) is 11.7 Å². The second kappa shape index (κ2) is 3.72. The zero-order chi connectivity index (χ0) is 8.27. The molecular weight excluding hydrogens is 138 g/mol. The number of amidine groups is 1. The molecule has 1 saturated carbocycles. The highest BCUT2D eigenvalue weighted by molar-refractivity contribution is 5.78. The number of nitrogens with two attached hydrogens (primary N) is 1. The standard InChI is InChI=1S/C8H17N3/c1-11(6-8(9)10)5-7-3-2-4-7/h7H,2-6H2,1H3,(H3,9,10). The Morgan fingerprint density at radius 3 is 2.64 bits per heavy atom. The van der Waals surface area contributed by atoms with Gasteiger partial charge >= 0.3 is 0 Å². The maximum atomic E-state index is 7.08. The van der Waals surface area contributed by atoms with Gasteiger partial charge in [0.1, 0.15) is 5.84 Å². The number of rotatable bonds is 4. The van der Waals surface area contributed by atoms with Gasteiger partial charge in [-0.1, -0.05) is 6.42 Å². The van der Waals surface area contributed by atoms with Crippen LogP contribution in [0.3, 0.4) is 0 Å². The Kier molecular flexibility index (Phi) is 2.88. The Morgan fingerprint density at radius 1 is 1.64 bits per heavy atom. The minimum absolute atomic E-state index is 0.270. The topological polar surface area (TPSA) is 53.1 Å². The summed E-state index contributed by atoms with van der Waals surface area (Å²) in [4.78, 5) is 2.13. The van der Waals surface area contributed by atoms with Crippen LogP contribution < -0.4 is 5.73 Å². The number of likely N-dealkylation sites (N-methyl/N-ethyl adjacent to an activating group) is 1. The summed E-state index contributed by atoms with van der Waals surface area (Å²) in [6, 6.07) is 0. The van der Waals surface area contributed by atoms with Crippen molar-refractivity contribution in [3.8, 4) is 0 Å². The van der Waals surface area contributed by atoms with Gasteiger partial charge < -0.3 is 5.73 Å². The van der Waals surface area contributed by atoms with Crippen molar-refractivity contribution in [1.82, 2.24) is 4.90 Å². The molecule has 0 amide bonds. The molecule has 0 atom stereocenters. The van der Waals surface area contributed by atoms with Crippen LogP contribution in [0.1, 0.15) is 19.3 Å². The lowest BCUT2D eigenvalue weighted by Gasteiger charge is -2.29. The molecule has 0 aromatic heterocycles. The Balaban J connectivity index is 2.09. The molecule has 0 aromatic carbocycles. The molecule has 1 aliphatic rings. The van der Waals surface area contributed by atoms with Crippen molar-refractivity contribution in [2.45, 2.75) is 19.3 Å². The first-order valence-corrected chi connectivity index (χ1v) is 4.20. The van der Waals surface area contributed by atoms with E-state index >= 15 is 0 Å². The van der Waals surface area contributed by atoms with Gasteiger partial charge in [-0.25, -0.2) is 0 Å². The molecule has 1 rings (SSSR count). The highest BCUT2D eigenvalue weighted by Crippen LogP contribution is 2.26. The van der Waals surface area contributed by atoms with Crippen molar-refractivity contribution in [3.63, 3.8) is 0 Å². The van der Waals surface area contributed by atoms with Crippen LogP contribution >= 0.6 is 0 Å². The van der Waals surface area contributed by atoms with E-state index in [-0.39, 0.29) is 5.84 Å². The van der Waals surface area contributed by atoms with Crippen LogP contribution in [0.2, 0.25) is 0 Å². The van der Waals surface area contributed by atoms with Gasteiger partial charge in [0.2, 0.25) is 0 Å². The second-order valence-corrected chi connectivity index (χ2v) is 3.52. The van der Waals surface area contributed by atoms with Crippen molar-refractivity contribution in [3.05, 3.63) is 0 Å². The molecule has 0 spiro atoms. The largest absolute Gasteiger partial charge is 0.387 e. The van der Waals surface area contributed by atoms with Crippen LogP contribution in [-0.2, 0) is 0 Å². The molecule has 1 fully saturated rings. The van der Waals surface area contributed by atoms with Gasteiger partial charge in [0.15, 0.2) is 0 Å². The van der Waals surface area contributed by atoms with Crippen LogP contribution in [0, 0.1) is 11.3 Å². The van der Waals surface area contributed by atoms with Gasteiger partial charge in [-0.15, -0.1) is 0 Å². The molecule has 11 heavy (non-hydrogen) atoms. The van der Waals surface area contributed by atoms with Gasteiger partial charge in [0.05, 0.1) is 6.54 Å². The Hall–Kier alpha value is -0.570. The van der Waals surface area contributed by atoms with E-state index in [9.17, 15) is 0 Å². The van der Waals surface area contributed by atoms with Gasteiger partial charge in [0, 0.05) is 6.54 Å². The molecule has 0 radical (unpaired) electrons. The summed E-state index contributed by atoms with van der Waals surface area (Å²) in [5.41, 5.74) is 5.27. The first kappa shape index (κ1) is 8.53. The summed E-state index contributed by atoms with van der Waals surface area (Å²) < 4.78 is 0. The molecule has 0 unspecified atom stereocenters. The molecule has 3 N–H and O–H groups in total. The van der Waals surface area contributed by atoms with E-state index < -0.39 is 0 Å². The Labute approximate surface area is 68.1 Å². The number of nitrogens with one attached hydrogen (secondary N) is 1. The van der Waals surface area contributed by atoms with Gasteiger partial charge in [0.25, 0.3) is 0 Å². The molecule has 0 saturated heterocycles. The minimum atomic E-state index is 0.270. The average molecular weight is 155 g/mol. The van der Waals surface area contributed by atoms with Crippen molar-refractivity contribution >= 4 is 5.84 Å². The molecule has 3 nitrogen and oxygen atoms in total. The normalized spacial score (nSPS) is 18.4. The van der Waals surface area contributed by atoms with E-state index in [2.05, 4.69) is 4.90 Å². The van der Waals surface area contributed by atoms with E-state index in [0.29, 0.717) is 6.54 Å². The lowest BCUT2D eigenvalue weighted by molar-refractivity contribution is 0.221. The molecule has 0 bridgehead atoms. The van der Waals surface area contributed by atoms with E-state index in [4.69, 9.17) is 11.1 Å². The lowest BCUT2D eigenvalue weighted by atomic mass is 9.85. The summed E-state index contributed by atoms with van der Waals surface area (Å²) in [5, 5.41) is 7.08. The summed E-state index contributed by atoms with van der Waals surface area (Å²) >= 11 is 0. The highest BCUT2D eigenvalue weighted by atomic mass is 15.1. The fourth-order valence-corrected chi connectivity index (χ4v) is 1.47. The lowest BCUT2D eigenvalue weighted by Crippen LogP contribution is -2.35. The zero-order valence-electron chi connectivity index (χ0n) is 7.14. The maximum absolute atomic E-state index is 7.08. The van der Waals surface area contributed by atoms with E-state index in [1.807, 2.05) is 7.05 Å². The maximum Gasteiger partial charge on any atom is 0.105 e. The molecule has 3 heteroatoms. The molecule has 64 valence electrons. The van der Waals surface area contributed by atoms with E-state index in [1.165, 1.54) is 19.3 Å². The highest BCUT2D eigenvalue weighted by Gasteiger charge is 2.18. The third kappa shape index (κ3) is 2.89. The third-order valence-electron chi connectivity index (χ3n) is 2.23. The van der Waals surface area contributed by atoms with Crippen LogP contribution in [0.5, 0.6) is 0 Å².